The van der Waals surface area contributed by atoms with Crippen molar-refractivity contribution >= 4 is 23.1 Å². The van der Waals surface area contributed by atoms with Crippen LogP contribution >= 0.6 is 0 Å². The topological polar surface area (TPSA) is 45.1 Å². The highest BCUT2D eigenvalue weighted by Gasteiger charge is 2.38. The standard InChI is InChI=1S/C31H31N3O2/c35-29-22-28(30-26-14-6-4-12-24(26)25-13-5-7-15-27(25)30)31(36)34(29)17-9-8-16-32-18-20-33(21-19-32)23-10-2-1-3-11-23/h1-7,10-15H,8-9,16-22H2/p+1. The molecule has 1 N–H and O–H groups in total. The van der Waals surface area contributed by atoms with E-state index >= 15 is 0 Å². The molecule has 0 radical (unpaired) electrons. The van der Waals surface area contributed by atoms with Crippen LogP contribution in [0.15, 0.2) is 84.4 Å². The maximum atomic E-state index is 13.4. The number of piperazine rings is 1. The van der Waals surface area contributed by atoms with Gasteiger partial charge in [-0.15, -0.1) is 0 Å². The first-order valence-corrected chi connectivity index (χ1v) is 13.1. The summed E-state index contributed by atoms with van der Waals surface area (Å²) in [4.78, 5) is 31.9. The number of nitrogens with zero attached hydrogens (tertiary/aromatic N) is 2. The summed E-state index contributed by atoms with van der Waals surface area (Å²) in [6.45, 7) is 6.01. The van der Waals surface area contributed by atoms with Gasteiger partial charge in [-0.05, 0) is 52.8 Å². The lowest BCUT2D eigenvalue weighted by atomic mass is 9.97. The van der Waals surface area contributed by atoms with E-state index in [1.54, 1.807) is 4.90 Å². The molecule has 2 saturated heterocycles. The zero-order valence-electron chi connectivity index (χ0n) is 20.6. The van der Waals surface area contributed by atoms with E-state index in [0.29, 0.717) is 12.1 Å². The van der Waals surface area contributed by atoms with Gasteiger partial charge in [0.15, 0.2) is 0 Å². The lowest BCUT2D eigenvalue weighted by Crippen LogP contribution is -3.14. The monoisotopic (exact) mass is 478 g/mol. The summed E-state index contributed by atoms with van der Waals surface area (Å²) in [5, 5.41) is 0. The Morgan fingerprint density at radius 3 is 1.92 bits per heavy atom. The van der Waals surface area contributed by atoms with Crippen molar-refractivity contribution in [1.29, 1.82) is 0 Å². The first-order chi connectivity index (χ1) is 17.7. The largest absolute Gasteiger partial charge is 0.360 e. The summed E-state index contributed by atoms with van der Waals surface area (Å²) in [5.41, 5.74) is 7.32. The number of carbonyl (C=O) groups excluding carboxylic acids is 2. The molecule has 5 nitrogen and oxygen atoms in total. The van der Waals surface area contributed by atoms with Crippen LogP contribution in [-0.4, -0.2) is 56.0 Å². The second-order valence-electron chi connectivity index (χ2n) is 10.0. The van der Waals surface area contributed by atoms with Gasteiger partial charge in [-0.1, -0.05) is 66.7 Å². The summed E-state index contributed by atoms with van der Waals surface area (Å²) in [6.07, 6.45) is 2.08. The fraction of sp³-hybridized carbons (Fsp3) is 0.290. The average molecular weight is 479 g/mol. The van der Waals surface area contributed by atoms with Gasteiger partial charge in [-0.25, -0.2) is 0 Å². The van der Waals surface area contributed by atoms with Crippen molar-refractivity contribution in [1.82, 2.24) is 4.90 Å². The van der Waals surface area contributed by atoms with Crippen LogP contribution in [0, 0.1) is 0 Å². The van der Waals surface area contributed by atoms with Crippen molar-refractivity contribution in [3.8, 4) is 11.1 Å². The van der Waals surface area contributed by atoms with Gasteiger partial charge in [0.05, 0.1) is 39.1 Å². The van der Waals surface area contributed by atoms with E-state index in [4.69, 9.17) is 0 Å². The molecule has 182 valence electrons. The van der Waals surface area contributed by atoms with E-state index in [1.165, 1.54) is 10.6 Å². The van der Waals surface area contributed by atoms with Gasteiger partial charge in [0, 0.05) is 17.8 Å². The molecular formula is C31H32N3O2+. The van der Waals surface area contributed by atoms with Gasteiger partial charge < -0.3 is 9.80 Å². The first-order valence-electron chi connectivity index (χ1n) is 13.1. The second kappa shape index (κ2) is 9.75. The molecule has 0 aromatic heterocycles. The van der Waals surface area contributed by atoms with Crippen LogP contribution in [0.1, 0.15) is 30.4 Å². The quantitative estimate of drug-likeness (QED) is 0.262. The van der Waals surface area contributed by atoms with Crippen LogP contribution in [-0.2, 0) is 9.59 Å². The number of para-hydroxylation sites is 1. The highest BCUT2D eigenvalue weighted by Crippen LogP contribution is 2.47. The number of likely N-dealkylation sites (tertiary alicyclic amines) is 1. The van der Waals surface area contributed by atoms with E-state index in [9.17, 15) is 9.59 Å². The molecule has 0 atom stereocenters. The molecule has 2 aliphatic heterocycles. The van der Waals surface area contributed by atoms with Gasteiger partial charge in [-0.2, -0.15) is 0 Å². The number of quaternary nitrogens is 1. The van der Waals surface area contributed by atoms with Crippen molar-refractivity contribution < 1.29 is 14.5 Å². The van der Waals surface area contributed by atoms with Crippen LogP contribution in [0.3, 0.4) is 0 Å². The van der Waals surface area contributed by atoms with Crippen molar-refractivity contribution in [3.05, 3.63) is 95.6 Å². The predicted octanol–water partition coefficient (Wildman–Crippen LogP) is 3.41. The number of hydrogen-bond donors (Lipinski definition) is 1. The SMILES string of the molecule is O=C1CC(=C2c3ccccc3-c3ccccc32)C(=O)N1CCCC[NH+]1CCN(c2ccccc2)CC1. The van der Waals surface area contributed by atoms with E-state index in [1.807, 2.05) is 24.3 Å². The normalized spacial score (nSPS) is 17.7. The summed E-state index contributed by atoms with van der Waals surface area (Å²) in [7, 11) is 0. The number of fused-ring (bicyclic) bond motifs is 3. The van der Waals surface area contributed by atoms with Crippen LogP contribution in [0.5, 0.6) is 0 Å². The van der Waals surface area contributed by atoms with Crippen LogP contribution in [0.25, 0.3) is 16.7 Å². The molecule has 2 amide bonds. The molecule has 2 heterocycles. The molecule has 3 aromatic carbocycles. The van der Waals surface area contributed by atoms with Crippen molar-refractivity contribution in [2.45, 2.75) is 19.3 Å². The first kappa shape index (κ1) is 22.7. The van der Waals surface area contributed by atoms with Gasteiger partial charge in [0.25, 0.3) is 5.91 Å². The third-order valence-electron chi connectivity index (χ3n) is 7.87. The van der Waals surface area contributed by atoms with Gasteiger partial charge in [0.2, 0.25) is 5.91 Å². The predicted molar refractivity (Wildman–Crippen MR) is 143 cm³/mol. The highest BCUT2D eigenvalue weighted by molar-refractivity contribution is 6.21. The molecule has 1 aliphatic carbocycles. The van der Waals surface area contributed by atoms with E-state index in [2.05, 4.69) is 59.5 Å². The number of hydrogen-bond acceptors (Lipinski definition) is 3. The number of unbranched alkanes of at least 4 members (excludes halogenated alkanes) is 1. The molecule has 6 rings (SSSR count). The van der Waals surface area contributed by atoms with E-state index in [-0.39, 0.29) is 18.2 Å². The minimum atomic E-state index is -0.106. The molecular weight excluding hydrogens is 446 g/mol. The molecule has 0 unspecified atom stereocenters. The molecule has 36 heavy (non-hydrogen) atoms. The Morgan fingerprint density at radius 2 is 1.28 bits per heavy atom. The van der Waals surface area contributed by atoms with E-state index < -0.39 is 0 Å². The number of nitrogens with one attached hydrogen (secondary N) is 1. The zero-order chi connectivity index (χ0) is 24.5. The Balaban J connectivity index is 1.07. The number of amides is 2. The van der Waals surface area contributed by atoms with Gasteiger partial charge in [-0.3, -0.25) is 14.5 Å². The molecule has 3 aromatic rings. The third-order valence-corrected chi connectivity index (χ3v) is 7.87. The molecule has 3 aliphatic rings. The number of carbonyl (C=O) groups is 2. The number of anilines is 1. The van der Waals surface area contributed by atoms with E-state index in [0.717, 1.165) is 73.4 Å². The Labute approximate surface area is 212 Å². The second-order valence-corrected chi connectivity index (χ2v) is 10.0. The number of rotatable bonds is 6. The minimum absolute atomic E-state index is 0.0619. The third kappa shape index (κ3) is 4.14. The average Bonchev–Trinajstić information content (AvgIpc) is 3.40. The number of imide groups is 1. The summed E-state index contributed by atoms with van der Waals surface area (Å²) in [5.74, 6) is -0.168. The maximum absolute atomic E-state index is 13.4. The summed E-state index contributed by atoms with van der Waals surface area (Å²) < 4.78 is 0. The Morgan fingerprint density at radius 1 is 0.694 bits per heavy atom. The lowest BCUT2D eigenvalue weighted by molar-refractivity contribution is -0.900. The highest BCUT2D eigenvalue weighted by atomic mass is 16.2. The smallest absolute Gasteiger partial charge is 0.257 e. The van der Waals surface area contributed by atoms with Crippen LogP contribution in [0.4, 0.5) is 5.69 Å². The Hall–Kier alpha value is -3.70. The Kier molecular flexibility index (Phi) is 6.16. The van der Waals surface area contributed by atoms with Crippen molar-refractivity contribution in [2.24, 2.45) is 0 Å². The molecule has 0 saturated carbocycles. The molecule has 5 heteroatoms. The molecule has 0 spiro atoms. The fourth-order valence-corrected chi connectivity index (χ4v) is 5.98. The zero-order valence-corrected chi connectivity index (χ0v) is 20.6. The summed E-state index contributed by atoms with van der Waals surface area (Å²) in [6, 6.07) is 27.0. The lowest BCUT2D eigenvalue weighted by Gasteiger charge is -2.33. The van der Waals surface area contributed by atoms with Crippen molar-refractivity contribution in [2.75, 3.05) is 44.2 Å². The van der Waals surface area contributed by atoms with Crippen LogP contribution in [0.2, 0.25) is 0 Å². The van der Waals surface area contributed by atoms with Crippen LogP contribution < -0.4 is 9.80 Å². The summed E-state index contributed by atoms with van der Waals surface area (Å²) >= 11 is 0. The Bertz CT molecular complexity index is 1270. The minimum Gasteiger partial charge on any atom is -0.360 e. The maximum Gasteiger partial charge on any atom is 0.257 e. The van der Waals surface area contributed by atoms with Gasteiger partial charge in [0.1, 0.15) is 0 Å². The molecule has 0 bridgehead atoms. The number of benzene rings is 3. The van der Waals surface area contributed by atoms with Gasteiger partial charge >= 0.3 is 0 Å². The van der Waals surface area contributed by atoms with Crippen molar-refractivity contribution in [3.63, 3.8) is 0 Å². The molecule has 2 fully saturated rings. The fourth-order valence-electron chi connectivity index (χ4n) is 5.98.